The van der Waals surface area contributed by atoms with Gasteiger partial charge in [0.1, 0.15) is 5.60 Å². The number of rotatable bonds is 8. The Morgan fingerprint density at radius 3 is 1.46 bits per heavy atom. The second-order valence-electron chi connectivity index (χ2n) is 7.00. The van der Waals surface area contributed by atoms with Crippen molar-refractivity contribution >= 4 is 11.4 Å². The third kappa shape index (κ3) is 4.02. The first-order valence-corrected chi connectivity index (χ1v) is 9.24. The number of hydrogen-bond donors (Lipinski definition) is 1. The molecule has 0 spiro atoms. The third-order valence-corrected chi connectivity index (χ3v) is 4.85. The van der Waals surface area contributed by atoms with Crippen LogP contribution in [0, 0.1) is 0 Å². The van der Waals surface area contributed by atoms with E-state index in [4.69, 9.17) is 4.74 Å². The van der Waals surface area contributed by atoms with Gasteiger partial charge in [-0.1, -0.05) is 31.2 Å². The van der Waals surface area contributed by atoms with E-state index < -0.39 is 5.60 Å². The Morgan fingerprint density at radius 1 is 0.808 bits per heavy atom. The van der Waals surface area contributed by atoms with Gasteiger partial charge in [-0.15, -0.1) is 0 Å². The number of aliphatic hydroxyl groups is 1. The second kappa shape index (κ2) is 8.56. The lowest BCUT2D eigenvalue weighted by atomic mass is 9.80. The van der Waals surface area contributed by atoms with E-state index in [2.05, 4.69) is 9.80 Å². The van der Waals surface area contributed by atoms with E-state index in [9.17, 15) is 5.11 Å². The summed E-state index contributed by atoms with van der Waals surface area (Å²) in [5.74, 6) is 0. The molecule has 2 aromatic carbocycles. The Bertz CT molecular complexity index is 627. The summed E-state index contributed by atoms with van der Waals surface area (Å²) in [6, 6.07) is 16.1. The smallest absolute Gasteiger partial charge is 0.141 e. The fourth-order valence-corrected chi connectivity index (χ4v) is 3.30. The highest BCUT2D eigenvalue weighted by Crippen LogP contribution is 2.37. The summed E-state index contributed by atoms with van der Waals surface area (Å²) < 4.78 is 5.95. The highest BCUT2D eigenvalue weighted by atomic mass is 16.5. The van der Waals surface area contributed by atoms with Crippen molar-refractivity contribution in [2.45, 2.75) is 32.0 Å². The highest BCUT2D eigenvalue weighted by Gasteiger charge is 2.40. The molecule has 0 fully saturated rings. The molecule has 0 aliphatic rings. The van der Waals surface area contributed by atoms with E-state index in [0.717, 1.165) is 28.9 Å². The molecule has 0 heterocycles. The summed E-state index contributed by atoms with van der Waals surface area (Å²) in [6.07, 6.45) is 0.401. The maximum absolute atomic E-state index is 11.9. The van der Waals surface area contributed by atoms with Crippen molar-refractivity contribution < 1.29 is 9.84 Å². The summed E-state index contributed by atoms with van der Waals surface area (Å²) in [4.78, 5) is 4.10. The fourth-order valence-electron chi connectivity index (χ4n) is 3.30. The molecule has 4 nitrogen and oxygen atoms in total. The Balaban J connectivity index is 2.54. The fraction of sp³-hybridized carbons (Fsp3) is 0.455. The number of benzene rings is 2. The SMILES string of the molecule is CCO[C@@H](CC)C(O)(c1ccc(N(C)C)cc1)c1ccc(N(C)C)cc1. The van der Waals surface area contributed by atoms with Crippen LogP contribution in [0.2, 0.25) is 0 Å². The van der Waals surface area contributed by atoms with E-state index in [1.54, 1.807) is 0 Å². The number of nitrogens with zero attached hydrogens (tertiary/aromatic N) is 2. The molecule has 0 aliphatic carbocycles. The molecule has 0 radical (unpaired) electrons. The van der Waals surface area contributed by atoms with Crippen molar-refractivity contribution in [3.63, 3.8) is 0 Å². The Morgan fingerprint density at radius 2 is 1.19 bits per heavy atom. The molecule has 142 valence electrons. The highest BCUT2D eigenvalue weighted by molar-refractivity contribution is 5.52. The number of anilines is 2. The van der Waals surface area contributed by atoms with Crippen molar-refractivity contribution in [2.24, 2.45) is 0 Å². The average Bonchev–Trinajstić information content (AvgIpc) is 2.65. The van der Waals surface area contributed by atoms with Gasteiger partial charge in [-0.3, -0.25) is 0 Å². The average molecular weight is 357 g/mol. The van der Waals surface area contributed by atoms with Gasteiger partial charge in [-0.2, -0.15) is 0 Å². The van der Waals surface area contributed by atoms with Gasteiger partial charge in [0.05, 0.1) is 6.10 Å². The molecule has 4 heteroatoms. The molecule has 1 atom stereocenters. The molecule has 2 aromatic rings. The monoisotopic (exact) mass is 356 g/mol. The molecule has 0 unspecified atom stereocenters. The van der Waals surface area contributed by atoms with E-state index in [0.29, 0.717) is 6.61 Å². The number of hydrogen-bond acceptors (Lipinski definition) is 4. The second-order valence-corrected chi connectivity index (χ2v) is 7.00. The number of ether oxygens (including phenoxy) is 1. The first-order valence-electron chi connectivity index (χ1n) is 9.24. The maximum Gasteiger partial charge on any atom is 0.141 e. The molecule has 0 aliphatic heterocycles. The minimum absolute atomic E-state index is 0.317. The summed E-state index contributed by atoms with van der Waals surface area (Å²) in [6.45, 7) is 4.58. The summed E-state index contributed by atoms with van der Waals surface area (Å²) >= 11 is 0. The minimum atomic E-state index is -1.19. The zero-order chi connectivity index (χ0) is 19.3. The van der Waals surface area contributed by atoms with Crippen LogP contribution in [0.25, 0.3) is 0 Å². The predicted octanol–water partition coefficient (Wildman–Crippen LogP) is 3.87. The minimum Gasteiger partial charge on any atom is -0.378 e. The topological polar surface area (TPSA) is 35.9 Å². The lowest BCUT2D eigenvalue weighted by molar-refractivity contribution is -0.0880. The van der Waals surface area contributed by atoms with Crippen LogP contribution in [0.15, 0.2) is 48.5 Å². The van der Waals surface area contributed by atoms with E-state index >= 15 is 0 Å². The molecular formula is C22H32N2O2. The van der Waals surface area contributed by atoms with Crippen molar-refractivity contribution in [1.82, 2.24) is 0 Å². The molecule has 1 N–H and O–H groups in total. The van der Waals surface area contributed by atoms with Crippen LogP contribution in [0.1, 0.15) is 31.4 Å². The Labute approximate surface area is 158 Å². The molecule has 0 aromatic heterocycles. The summed E-state index contributed by atoms with van der Waals surface area (Å²) in [7, 11) is 8.04. The van der Waals surface area contributed by atoms with E-state index in [-0.39, 0.29) is 6.10 Å². The molecule has 2 rings (SSSR count). The Hall–Kier alpha value is -2.04. The lowest BCUT2D eigenvalue weighted by Crippen LogP contribution is -2.42. The lowest BCUT2D eigenvalue weighted by Gasteiger charge is -2.37. The third-order valence-electron chi connectivity index (χ3n) is 4.85. The quantitative estimate of drug-likeness (QED) is 0.779. The van der Waals surface area contributed by atoms with Crippen molar-refractivity contribution in [3.8, 4) is 0 Å². The normalized spacial score (nSPS) is 12.7. The van der Waals surface area contributed by atoms with Crippen LogP contribution in [0.4, 0.5) is 11.4 Å². The van der Waals surface area contributed by atoms with Gasteiger partial charge in [-0.05, 0) is 48.7 Å². The standard InChI is InChI=1S/C22H32N2O2/c1-7-21(26-8-2)22(25,17-9-13-19(14-10-17)23(3)4)18-11-15-20(16-12-18)24(5)6/h9-16,21,25H,7-8H2,1-6H3/t21-/m0/s1. The molecular weight excluding hydrogens is 324 g/mol. The van der Waals surface area contributed by atoms with Gasteiger partial charge in [0.2, 0.25) is 0 Å². The zero-order valence-corrected chi connectivity index (χ0v) is 16.9. The molecule has 0 saturated carbocycles. The molecule has 0 bridgehead atoms. The summed E-state index contributed by atoms with van der Waals surface area (Å²) in [5, 5.41) is 11.9. The van der Waals surface area contributed by atoms with Crippen LogP contribution < -0.4 is 9.80 Å². The first-order chi connectivity index (χ1) is 12.3. The van der Waals surface area contributed by atoms with E-state index in [1.165, 1.54) is 0 Å². The molecule has 0 amide bonds. The van der Waals surface area contributed by atoms with Gasteiger partial charge < -0.3 is 19.6 Å². The van der Waals surface area contributed by atoms with Crippen molar-refractivity contribution in [2.75, 3.05) is 44.6 Å². The van der Waals surface area contributed by atoms with E-state index in [1.807, 2.05) is 90.6 Å². The summed E-state index contributed by atoms with van der Waals surface area (Å²) in [5.41, 5.74) is 2.70. The molecule has 26 heavy (non-hydrogen) atoms. The predicted molar refractivity (Wildman–Crippen MR) is 110 cm³/mol. The maximum atomic E-state index is 11.9. The molecule has 0 saturated heterocycles. The Kier molecular flexibility index (Phi) is 6.68. The van der Waals surface area contributed by atoms with Gasteiger partial charge >= 0.3 is 0 Å². The first kappa shape index (κ1) is 20.3. The largest absolute Gasteiger partial charge is 0.378 e. The van der Waals surface area contributed by atoms with Gasteiger partial charge in [0.15, 0.2) is 0 Å². The van der Waals surface area contributed by atoms with Crippen LogP contribution in [0.3, 0.4) is 0 Å². The van der Waals surface area contributed by atoms with Gasteiger partial charge in [0, 0.05) is 46.2 Å². The van der Waals surface area contributed by atoms with Crippen LogP contribution in [-0.2, 0) is 10.3 Å². The van der Waals surface area contributed by atoms with Crippen LogP contribution >= 0.6 is 0 Å². The van der Waals surface area contributed by atoms with Crippen LogP contribution in [-0.4, -0.2) is 46.0 Å². The van der Waals surface area contributed by atoms with Crippen molar-refractivity contribution in [1.29, 1.82) is 0 Å². The zero-order valence-electron chi connectivity index (χ0n) is 16.9. The van der Waals surface area contributed by atoms with Crippen molar-refractivity contribution in [3.05, 3.63) is 59.7 Å². The van der Waals surface area contributed by atoms with Crippen LogP contribution in [0.5, 0.6) is 0 Å². The van der Waals surface area contributed by atoms with Gasteiger partial charge in [-0.25, -0.2) is 0 Å². The van der Waals surface area contributed by atoms with Gasteiger partial charge in [0.25, 0.3) is 0 Å².